The highest BCUT2D eigenvalue weighted by atomic mass is 32.1. The van der Waals surface area contributed by atoms with Crippen LogP contribution in [0, 0.1) is 5.82 Å². The molecule has 0 amide bonds. The van der Waals surface area contributed by atoms with Gasteiger partial charge in [0.05, 0.1) is 6.04 Å². The number of benzene rings is 1. The minimum Gasteiger partial charge on any atom is -0.332 e. The highest BCUT2D eigenvalue weighted by Crippen LogP contribution is 2.23. The normalized spacial score (nSPS) is 12.5. The molecule has 0 aliphatic carbocycles. The van der Waals surface area contributed by atoms with Crippen LogP contribution in [0.5, 0.6) is 0 Å². The van der Waals surface area contributed by atoms with Gasteiger partial charge < -0.3 is 10.3 Å². The molecule has 0 aliphatic heterocycles. The smallest absolute Gasteiger partial charge is 0.277 e. The third kappa shape index (κ3) is 3.14. The van der Waals surface area contributed by atoms with Crippen LogP contribution in [-0.4, -0.2) is 15.1 Å². The van der Waals surface area contributed by atoms with Crippen molar-refractivity contribution in [2.75, 3.05) is 0 Å². The third-order valence-corrected chi connectivity index (χ3v) is 3.92. The van der Waals surface area contributed by atoms with Gasteiger partial charge in [0.25, 0.3) is 5.89 Å². The van der Waals surface area contributed by atoms with Gasteiger partial charge in [-0.1, -0.05) is 17.3 Å². The lowest BCUT2D eigenvalue weighted by molar-refractivity contribution is 0.423. The zero-order chi connectivity index (χ0) is 14.8. The SMILES string of the molecule is CC(N)c1nc(-c2nc(Cc3ccc(F)cc3)no2)cs1. The summed E-state index contributed by atoms with van der Waals surface area (Å²) in [5.41, 5.74) is 7.32. The molecule has 0 aliphatic rings. The highest BCUT2D eigenvalue weighted by molar-refractivity contribution is 7.10. The average Bonchev–Trinajstić information content (AvgIpc) is 3.10. The van der Waals surface area contributed by atoms with E-state index in [-0.39, 0.29) is 11.9 Å². The summed E-state index contributed by atoms with van der Waals surface area (Å²) in [7, 11) is 0. The first-order chi connectivity index (χ1) is 10.1. The van der Waals surface area contributed by atoms with Crippen LogP contribution in [0.15, 0.2) is 34.2 Å². The van der Waals surface area contributed by atoms with Crippen LogP contribution >= 0.6 is 11.3 Å². The van der Waals surface area contributed by atoms with Gasteiger partial charge in [-0.15, -0.1) is 11.3 Å². The maximum atomic E-state index is 12.9. The summed E-state index contributed by atoms with van der Waals surface area (Å²) in [5.74, 6) is 0.640. The maximum absolute atomic E-state index is 12.9. The number of thiazole rings is 1. The Labute approximate surface area is 124 Å². The van der Waals surface area contributed by atoms with Crippen molar-refractivity contribution in [3.8, 4) is 11.6 Å². The molecule has 1 aromatic carbocycles. The molecule has 0 fully saturated rings. The topological polar surface area (TPSA) is 77.8 Å². The number of halogens is 1. The van der Waals surface area contributed by atoms with Crippen molar-refractivity contribution in [2.45, 2.75) is 19.4 Å². The Balaban J connectivity index is 1.77. The largest absolute Gasteiger partial charge is 0.332 e. The number of rotatable bonds is 4. The Bertz CT molecular complexity index is 736. The van der Waals surface area contributed by atoms with Gasteiger partial charge in [-0.25, -0.2) is 9.37 Å². The van der Waals surface area contributed by atoms with Crippen LogP contribution in [0.2, 0.25) is 0 Å². The van der Waals surface area contributed by atoms with E-state index in [1.54, 1.807) is 12.1 Å². The van der Waals surface area contributed by atoms with Crippen molar-refractivity contribution in [3.63, 3.8) is 0 Å². The van der Waals surface area contributed by atoms with Gasteiger partial charge in [0.1, 0.15) is 16.5 Å². The van der Waals surface area contributed by atoms with E-state index in [1.165, 1.54) is 23.5 Å². The molecule has 0 bridgehead atoms. The van der Waals surface area contributed by atoms with Crippen molar-refractivity contribution in [1.29, 1.82) is 0 Å². The van der Waals surface area contributed by atoms with E-state index in [4.69, 9.17) is 10.3 Å². The number of nitrogens with zero attached hydrogens (tertiary/aromatic N) is 3. The minimum absolute atomic E-state index is 0.120. The van der Waals surface area contributed by atoms with Crippen molar-refractivity contribution in [3.05, 3.63) is 51.9 Å². The molecular weight excluding hydrogens is 291 g/mol. The van der Waals surface area contributed by atoms with Crippen molar-refractivity contribution in [1.82, 2.24) is 15.1 Å². The standard InChI is InChI=1S/C14H13FN4OS/c1-8(16)14-17-11(7-21-14)13-18-12(19-20-13)6-9-2-4-10(15)5-3-9/h2-5,7-8H,6,16H2,1H3. The van der Waals surface area contributed by atoms with Crippen LogP contribution in [0.1, 0.15) is 29.4 Å². The van der Waals surface area contributed by atoms with E-state index in [9.17, 15) is 4.39 Å². The molecule has 0 radical (unpaired) electrons. The zero-order valence-corrected chi connectivity index (χ0v) is 12.1. The lowest BCUT2D eigenvalue weighted by atomic mass is 10.1. The fourth-order valence-electron chi connectivity index (χ4n) is 1.81. The van der Waals surface area contributed by atoms with E-state index in [2.05, 4.69) is 15.1 Å². The quantitative estimate of drug-likeness (QED) is 0.801. The first kappa shape index (κ1) is 13.8. The summed E-state index contributed by atoms with van der Waals surface area (Å²) in [4.78, 5) is 8.66. The van der Waals surface area contributed by atoms with Gasteiger partial charge in [0, 0.05) is 11.8 Å². The number of nitrogens with two attached hydrogens (primary N) is 1. The van der Waals surface area contributed by atoms with Gasteiger partial charge in [0.2, 0.25) is 0 Å². The van der Waals surface area contributed by atoms with Gasteiger partial charge in [-0.05, 0) is 24.6 Å². The third-order valence-electron chi connectivity index (χ3n) is 2.87. The first-order valence-electron chi connectivity index (χ1n) is 6.40. The maximum Gasteiger partial charge on any atom is 0.277 e. The van der Waals surface area contributed by atoms with Crippen LogP contribution in [0.3, 0.4) is 0 Å². The van der Waals surface area contributed by atoms with E-state index >= 15 is 0 Å². The lowest BCUT2D eigenvalue weighted by Crippen LogP contribution is -2.03. The second-order valence-corrected chi connectivity index (χ2v) is 5.57. The number of aromatic nitrogens is 3. The molecule has 2 aromatic heterocycles. The minimum atomic E-state index is -0.265. The molecule has 3 aromatic rings. The van der Waals surface area contributed by atoms with Crippen molar-refractivity contribution in [2.24, 2.45) is 5.73 Å². The van der Waals surface area contributed by atoms with Crippen LogP contribution in [-0.2, 0) is 6.42 Å². The molecule has 3 rings (SSSR count). The molecular formula is C14H13FN4OS. The molecule has 7 heteroatoms. The number of hydrogen-bond acceptors (Lipinski definition) is 6. The van der Waals surface area contributed by atoms with Crippen LogP contribution < -0.4 is 5.73 Å². The summed E-state index contributed by atoms with van der Waals surface area (Å²) in [6.07, 6.45) is 0.480. The zero-order valence-electron chi connectivity index (χ0n) is 11.3. The highest BCUT2D eigenvalue weighted by Gasteiger charge is 2.14. The monoisotopic (exact) mass is 304 g/mol. The van der Waals surface area contributed by atoms with Gasteiger partial charge in [-0.3, -0.25) is 0 Å². The summed E-state index contributed by atoms with van der Waals surface area (Å²) in [5, 5.41) is 6.58. The second kappa shape index (κ2) is 5.71. The molecule has 2 heterocycles. The molecule has 21 heavy (non-hydrogen) atoms. The molecule has 0 spiro atoms. The van der Waals surface area contributed by atoms with Gasteiger partial charge in [0.15, 0.2) is 5.82 Å². The molecule has 108 valence electrons. The molecule has 1 atom stereocenters. The summed E-state index contributed by atoms with van der Waals surface area (Å²) in [6, 6.07) is 6.09. The fourth-order valence-corrected chi connectivity index (χ4v) is 2.56. The summed E-state index contributed by atoms with van der Waals surface area (Å²) in [6.45, 7) is 1.87. The first-order valence-corrected chi connectivity index (χ1v) is 7.28. The van der Waals surface area contributed by atoms with E-state index < -0.39 is 0 Å². The Morgan fingerprint density at radius 3 is 2.71 bits per heavy atom. The van der Waals surface area contributed by atoms with Gasteiger partial charge >= 0.3 is 0 Å². The summed E-state index contributed by atoms with van der Waals surface area (Å²) < 4.78 is 18.1. The van der Waals surface area contributed by atoms with Crippen LogP contribution in [0.25, 0.3) is 11.6 Å². The van der Waals surface area contributed by atoms with Crippen LogP contribution in [0.4, 0.5) is 4.39 Å². The lowest BCUT2D eigenvalue weighted by Gasteiger charge is -1.96. The second-order valence-electron chi connectivity index (χ2n) is 4.68. The molecule has 0 saturated carbocycles. The Hall–Kier alpha value is -2.12. The van der Waals surface area contributed by atoms with Crippen molar-refractivity contribution < 1.29 is 8.91 Å². The predicted octanol–water partition coefficient (Wildman–Crippen LogP) is 2.94. The van der Waals surface area contributed by atoms with E-state index in [0.29, 0.717) is 23.8 Å². The molecule has 5 nitrogen and oxygen atoms in total. The Morgan fingerprint density at radius 2 is 2.05 bits per heavy atom. The molecule has 0 saturated heterocycles. The van der Waals surface area contributed by atoms with Gasteiger partial charge in [-0.2, -0.15) is 4.98 Å². The average molecular weight is 304 g/mol. The van der Waals surface area contributed by atoms with E-state index in [0.717, 1.165) is 10.6 Å². The number of hydrogen-bond donors (Lipinski definition) is 1. The Morgan fingerprint density at radius 1 is 1.29 bits per heavy atom. The van der Waals surface area contributed by atoms with E-state index in [1.807, 2.05) is 12.3 Å². The molecule has 1 unspecified atom stereocenters. The predicted molar refractivity (Wildman–Crippen MR) is 77.2 cm³/mol. The fraction of sp³-hybridized carbons (Fsp3) is 0.214. The summed E-state index contributed by atoms with van der Waals surface area (Å²) >= 11 is 1.46. The molecule has 2 N–H and O–H groups in total. The Kier molecular flexibility index (Phi) is 3.76. The van der Waals surface area contributed by atoms with Crippen molar-refractivity contribution >= 4 is 11.3 Å².